The van der Waals surface area contributed by atoms with Crippen molar-refractivity contribution in [3.05, 3.63) is 53.1 Å². The lowest BCUT2D eigenvalue weighted by molar-refractivity contribution is -0.918. The number of rotatable bonds is 8. The van der Waals surface area contributed by atoms with Gasteiger partial charge in [-0.1, -0.05) is 0 Å². The maximum Gasteiger partial charge on any atom is 0.271 e. The van der Waals surface area contributed by atoms with Crippen molar-refractivity contribution in [2.24, 2.45) is 5.10 Å². The number of carbonyl (C=O) groups is 1. The van der Waals surface area contributed by atoms with Gasteiger partial charge in [-0.15, -0.1) is 0 Å². The zero-order valence-electron chi connectivity index (χ0n) is 18.5. The molecule has 166 valence electrons. The number of benzene rings is 2. The molecule has 7 heteroatoms. The van der Waals surface area contributed by atoms with Crippen molar-refractivity contribution < 1.29 is 24.3 Å². The third-order valence-electron chi connectivity index (χ3n) is 5.55. The third kappa shape index (κ3) is 5.98. The summed E-state index contributed by atoms with van der Waals surface area (Å²) < 4.78 is 10.8. The highest BCUT2D eigenvalue weighted by atomic mass is 16.5. The van der Waals surface area contributed by atoms with E-state index in [2.05, 4.69) is 10.5 Å². The van der Waals surface area contributed by atoms with Crippen LogP contribution in [0.2, 0.25) is 0 Å². The second-order valence-corrected chi connectivity index (χ2v) is 7.77. The lowest BCUT2D eigenvalue weighted by atomic mass is 10.0. The summed E-state index contributed by atoms with van der Waals surface area (Å²) >= 11 is 0. The first-order chi connectivity index (χ1) is 15.0. The molecule has 3 N–H and O–H groups in total. The molecule has 1 saturated heterocycles. The zero-order valence-corrected chi connectivity index (χ0v) is 18.5. The van der Waals surface area contributed by atoms with Crippen molar-refractivity contribution in [1.29, 1.82) is 0 Å². The number of nitrogens with one attached hydrogen (secondary N) is 2. The Morgan fingerprint density at radius 3 is 2.55 bits per heavy atom. The first-order valence-corrected chi connectivity index (χ1v) is 10.8. The Bertz CT molecular complexity index is 936. The summed E-state index contributed by atoms with van der Waals surface area (Å²) in [6, 6.07) is 10.5. The van der Waals surface area contributed by atoms with Crippen molar-refractivity contribution in [2.45, 2.75) is 39.7 Å². The van der Waals surface area contributed by atoms with E-state index in [4.69, 9.17) is 9.47 Å². The standard InChI is InChI=1S/C24H31N3O4/c1-4-31-22-11-9-19(15-23(22)30-3)24(29)26-25-17(2)18-8-10-21(28)20(14-18)16-27-12-6-5-7-13-27/h8-11,14-15,28H,4-7,12-13,16H2,1-3H3,(H,26,29)/p+1/b25-17+. The number of hydrogen-bond acceptors (Lipinski definition) is 5. The molecule has 1 aliphatic heterocycles. The van der Waals surface area contributed by atoms with E-state index in [1.54, 1.807) is 24.3 Å². The second-order valence-electron chi connectivity index (χ2n) is 7.77. The van der Waals surface area contributed by atoms with Crippen LogP contribution in [0, 0.1) is 0 Å². The predicted octanol–water partition coefficient (Wildman–Crippen LogP) is 2.52. The third-order valence-corrected chi connectivity index (χ3v) is 5.55. The molecule has 2 aromatic rings. The van der Waals surface area contributed by atoms with Crippen LogP contribution in [0.25, 0.3) is 0 Å². The Kier molecular flexibility index (Phi) is 7.89. The summed E-state index contributed by atoms with van der Waals surface area (Å²) in [5.74, 6) is 1.06. The number of methoxy groups -OCH3 is 1. The summed E-state index contributed by atoms with van der Waals surface area (Å²) in [6.45, 7) is 7.31. The topological polar surface area (TPSA) is 84.6 Å². The Balaban J connectivity index is 1.69. The van der Waals surface area contributed by atoms with Gasteiger partial charge in [-0.05, 0) is 75.1 Å². The van der Waals surface area contributed by atoms with Crippen LogP contribution in [0.4, 0.5) is 0 Å². The first-order valence-electron chi connectivity index (χ1n) is 10.8. The minimum absolute atomic E-state index is 0.306. The number of aromatic hydroxyl groups is 1. The maximum absolute atomic E-state index is 12.5. The fourth-order valence-electron chi connectivity index (χ4n) is 3.80. The molecule has 0 aromatic heterocycles. The Labute approximate surface area is 183 Å². The average molecular weight is 427 g/mol. The van der Waals surface area contributed by atoms with Crippen LogP contribution in [0.15, 0.2) is 41.5 Å². The second kappa shape index (κ2) is 10.8. The number of piperidine rings is 1. The van der Waals surface area contributed by atoms with Crippen molar-refractivity contribution in [1.82, 2.24) is 5.43 Å². The monoisotopic (exact) mass is 426 g/mol. The molecule has 0 saturated carbocycles. The molecule has 0 bridgehead atoms. The van der Waals surface area contributed by atoms with Crippen LogP contribution in [0.5, 0.6) is 17.2 Å². The van der Waals surface area contributed by atoms with Crippen LogP contribution in [-0.4, -0.2) is 43.5 Å². The van der Waals surface area contributed by atoms with Crippen molar-refractivity contribution >= 4 is 11.6 Å². The molecule has 3 rings (SSSR count). The molecule has 1 fully saturated rings. The summed E-state index contributed by atoms with van der Waals surface area (Å²) in [5, 5.41) is 14.5. The average Bonchev–Trinajstić information content (AvgIpc) is 2.79. The molecule has 2 aromatic carbocycles. The largest absolute Gasteiger partial charge is 0.507 e. The van der Waals surface area contributed by atoms with E-state index in [0.29, 0.717) is 35.1 Å². The van der Waals surface area contributed by atoms with Crippen molar-refractivity contribution in [3.8, 4) is 17.2 Å². The lowest BCUT2D eigenvalue weighted by Crippen LogP contribution is -3.11. The van der Waals surface area contributed by atoms with E-state index < -0.39 is 0 Å². The maximum atomic E-state index is 12.5. The molecule has 1 aliphatic rings. The molecule has 31 heavy (non-hydrogen) atoms. The number of phenolic OH excluding ortho intramolecular Hbond substituents is 1. The molecular weight excluding hydrogens is 394 g/mol. The van der Waals surface area contributed by atoms with Gasteiger partial charge in [-0.3, -0.25) is 4.79 Å². The normalized spacial score (nSPS) is 14.9. The van der Waals surface area contributed by atoms with Crippen molar-refractivity contribution in [3.63, 3.8) is 0 Å². The van der Waals surface area contributed by atoms with E-state index in [0.717, 1.165) is 30.8 Å². The van der Waals surface area contributed by atoms with E-state index in [-0.39, 0.29) is 5.91 Å². The van der Waals surface area contributed by atoms with E-state index in [1.165, 1.54) is 31.3 Å². The summed E-state index contributed by atoms with van der Waals surface area (Å²) in [4.78, 5) is 14.0. The number of hydrogen-bond donors (Lipinski definition) is 3. The molecule has 1 amide bonds. The summed E-state index contributed by atoms with van der Waals surface area (Å²) in [5.41, 5.74) is 5.47. The number of nitrogens with zero attached hydrogens (tertiary/aromatic N) is 1. The quantitative estimate of drug-likeness (QED) is 0.447. The molecule has 0 unspecified atom stereocenters. The molecule has 7 nitrogen and oxygen atoms in total. The van der Waals surface area contributed by atoms with Gasteiger partial charge in [0.15, 0.2) is 11.5 Å². The number of ether oxygens (including phenoxy) is 2. The molecule has 0 atom stereocenters. The number of carbonyl (C=O) groups excluding carboxylic acids is 1. The number of likely N-dealkylation sites (tertiary alicyclic amines) is 1. The number of phenols is 1. The summed E-state index contributed by atoms with van der Waals surface area (Å²) in [6.07, 6.45) is 3.76. The number of hydrazone groups is 1. The molecular formula is C24H32N3O4+. The van der Waals surface area contributed by atoms with Crippen LogP contribution in [0.3, 0.4) is 0 Å². The van der Waals surface area contributed by atoms with Gasteiger partial charge < -0.3 is 19.5 Å². The lowest BCUT2D eigenvalue weighted by Gasteiger charge is -2.24. The SMILES string of the molecule is CCOc1ccc(C(=O)N/N=C(\C)c2ccc(O)c(C[NH+]3CCCCC3)c2)cc1OC. The Hall–Kier alpha value is -3.06. The predicted molar refractivity (Wildman–Crippen MR) is 120 cm³/mol. The minimum atomic E-state index is -0.336. The van der Waals surface area contributed by atoms with Crippen LogP contribution in [-0.2, 0) is 6.54 Å². The van der Waals surface area contributed by atoms with Crippen molar-refractivity contribution in [2.75, 3.05) is 26.8 Å². The highest BCUT2D eigenvalue weighted by Gasteiger charge is 2.17. The highest BCUT2D eigenvalue weighted by molar-refractivity contribution is 6.01. The fraction of sp³-hybridized carbons (Fsp3) is 0.417. The highest BCUT2D eigenvalue weighted by Crippen LogP contribution is 2.28. The van der Waals surface area contributed by atoms with E-state index in [1.807, 2.05) is 26.0 Å². The smallest absolute Gasteiger partial charge is 0.271 e. The zero-order chi connectivity index (χ0) is 22.2. The van der Waals surface area contributed by atoms with Gasteiger partial charge in [-0.25, -0.2) is 5.43 Å². The summed E-state index contributed by atoms with van der Waals surface area (Å²) in [7, 11) is 1.54. The minimum Gasteiger partial charge on any atom is -0.507 e. The van der Waals surface area contributed by atoms with Gasteiger partial charge in [0.25, 0.3) is 5.91 Å². The molecule has 0 aliphatic carbocycles. The van der Waals surface area contributed by atoms with Crippen LogP contribution in [0.1, 0.15) is 54.6 Å². The van der Waals surface area contributed by atoms with E-state index in [9.17, 15) is 9.90 Å². The van der Waals surface area contributed by atoms with Crippen LogP contribution < -0.4 is 19.8 Å². The fourth-order valence-corrected chi connectivity index (χ4v) is 3.80. The van der Waals surface area contributed by atoms with Crippen LogP contribution >= 0.6 is 0 Å². The van der Waals surface area contributed by atoms with Gasteiger partial charge in [0.1, 0.15) is 12.3 Å². The number of amides is 1. The van der Waals surface area contributed by atoms with Gasteiger partial charge in [0.05, 0.1) is 32.5 Å². The molecule has 0 radical (unpaired) electrons. The van der Waals surface area contributed by atoms with Gasteiger partial charge >= 0.3 is 0 Å². The van der Waals surface area contributed by atoms with Gasteiger partial charge in [-0.2, -0.15) is 5.10 Å². The molecule has 1 heterocycles. The Morgan fingerprint density at radius 1 is 1.10 bits per heavy atom. The Morgan fingerprint density at radius 2 is 1.84 bits per heavy atom. The molecule has 0 spiro atoms. The van der Waals surface area contributed by atoms with Gasteiger partial charge in [0, 0.05) is 11.1 Å². The van der Waals surface area contributed by atoms with Gasteiger partial charge in [0.2, 0.25) is 0 Å². The van der Waals surface area contributed by atoms with E-state index >= 15 is 0 Å². The number of quaternary nitrogens is 1. The first kappa shape index (κ1) is 22.6.